The van der Waals surface area contributed by atoms with Crippen LogP contribution in [0.5, 0.6) is 0 Å². The van der Waals surface area contributed by atoms with Gasteiger partial charge in [0.05, 0.1) is 4.92 Å². The number of hydrogen-bond donors (Lipinski definition) is 1. The quantitative estimate of drug-likeness (QED) is 0.498. The Morgan fingerprint density at radius 3 is 3.05 bits per heavy atom. The van der Waals surface area contributed by atoms with Gasteiger partial charge in [-0.2, -0.15) is 4.98 Å². The Kier molecular flexibility index (Phi) is 3.90. The lowest BCUT2D eigenvalue weighted by Crippen LogP contribution is -2.26. The highest BCUT2D eigenvalue weighted by molar-refractivity contribution is 5.78. The number of amides is 1. The maximum absolute atomic E-state index is 11.5. The van der Waals surface area contributed by atoms with Gasteiger partial charge in [0, 0.05) is 38.2 Å². The molecule has 2 aromatic rings. The maximum Gasteiger partial charge on any atom is 0.295 e. The molecule has 1 aliphatic heterocycles. The second kappa shape index (κ2) is 6.00. The van der Waals surface area contributed by atoms with Crippen LogP contribution in [-0.4, -0.2) is 40.3 Å². The van der Waals surface area contributed by atoms with Crippen molar-refractivity contribution in [2.45, 2.75) is 19.3 Å². The molecule has 22 heavy (non-hydrogen) atoms. The van der Waals surface area contributed by atoms with Crippen molar-refractivity contribution in [2.24, 2.45) is 0 Å². The molecule has 1 amide bonds. The highest BCUT2D eigenvalue weighted by Crippen LogP contribution is 2.23. The van der Waals surface area contributed by atoms with E-state index in [0.717, 1.165) is 25.9 Å². The van der Waals surface area contributed by atoms with Crippen LogP contribution in [0.2, 0.25) is 0 Å². The van der Waals surface area contributed by atoms with E-state index >= 15 is 0 Å². The van der Waals surface area contributed by atoms with E-state index in [1.54, 1.807) is 0 Å². The molecule has 8 heteroatoms. The van der Waals surface area contributed by atoms with E-state index in [1.165, 1.54) is 18.2 Å². The first-order valence-corrected chi connectivity index (χ1v) is 7.20. The lowest BCUT2D eigenvalue weighted by molar-refractivity contribution is -0.384. The average Bonchev–Trinajstić information content (AvgIpc) is 3.08. The van der Waals surface area contributed by atoms with Gasteiger partial charge in [-0.25, -0.2) is 0 Å². The Labute approximate surface area is 126 Å². The van der Waals surface area contributed by atoms with Crippen LogP contribution in [0.25, 0.3) is 11.1 Å². The number of aromatic nitrogens is 1. The summed E-state index contributed by atoms with van der Waals surface area (Å²) in [5, 5.41) is 13.8. The average molecular weight is 304 g/mol. The lowest BCUT2D eigenvalue weighted by Gasteiger charge is -2.14. The largest absolute Gasteiger partial charge is 0.424 e. The third-order valence-electron chi connectivity index (χ3n) is 3.63. The van der Waals surface area contributed by atoms with Crippen molar-refractivity contribution < 1.29 is 14.1 Å². The Morgan fingerprint density at radius 1 is 1.45 bits per heavy atom. The number of carbonyl (C=O) groups excluding carboxylic acids is 1. The van der Waals surface area contributed by atoms with Crippen molar-refractivity contribution in [3.05, 3.63) is 28.3 Å². The molecule has 0 saturated carbocycles. The zero-order valence-electron chi connectivity index (χ0n) is 11.9. The van der Waals surface area contributed by atoms with Gasteiger partial charge < -0.3 is 14.6 Å². The molecule has 0 atom stereocenters. The number of oxazole rings is 1. The first-order valence-electron chi connectivity index (χ1n) is 7.20. The van der Waals surface area contributed by atoms with Crippen LogP contribution in [0.4, 0.5) is 11.7 Å². The molecular weight excluding hydrogens is 288 g/mol. The summed E-state index contributed by atoms with van der Waals surface area (Å²) in [5.74, 6) is 0.217. The molecule has 1 aromatic carbocycles. The van der Waals surface area contributed by atoms with Crippen LogP contribution in [0.1, 0.15) is 19.3 Å². The number of rotatable bonds is 6. The highest BCUT2D eigenvalue weighted by Gasteiger charge is 2.19. The van der Waals surface area contributed by atoms with E-state index in [4.69, 9.17) is 4.42 Å². The van der Waals surface area contributed by atoms with Crippen molar-refractivity contribution in [1.29, 1.82) is 0 Å². The summed E-state index contributed by atoms with van der Waals surface area (Å²) in [7, 11) is 0. The normalized spacial score (nSPS) is 14.7. The minimum Gasteiger partial charge on any atom is -0.424 e. The smallest absolute Gasteiger partial charge is 0.295 e. The van der Waals surface area contributed by atoms with Gasteiger partial charge >= 0.3 is 0 Å². The summed E-state index contributed by atoms with van der Waals surface area (Å²) >= 11 is 0. The Bertz CT molecular complexity index is 712. The minimum absolute atomic E-state index is 0.0140. The number of anilines is 1. The molecule has 1 N–H and O–H groups in total. The van der Waals surface area contributed by atoms with Gasteiger partial charge in [-0.1, -0.05) is 0 Å². The number of carbonyl (C=O) groups is 1. The Morgan fingerprint density at radius 2 is 2.32 bits per heavy atom. The summed E-state index contributed by atoms with van der Waals surface area (Å²) < 4.78 is 5.47. The van der Waals surface area contributed by atoms with Crippen molar-refractivity contribution >= 4 is 28.7 Å². The Balaban J connectivity index is 1.55. The molecular formula is C14H16N4O4. The van der Waals surface area contributed by atoms with Gasteiger partial charge in [-0.05, 0) is 18.9 Å². The predicted molar refractivity (Wildman–Crippen MR) is 79.6 cm³/mol. The van der Waals surface area contributed by atoms with Crippen LogP contribution in [0.3, 0.4) is 0 Å². The number of likely N-dealkylation sites (tertiary alicyclic amines) is 1. The van der Waals surface area contributed by atoms with Gasteiger partial charge in [0.2, 0.25) is 5.91 Å². The SMILES string of the molecule is O=C1CCCN1CCCNc1nc2cc([N+](=O)[O-])ccc2o1. The number of nitro benzene ring substituents is 1. The molecule has 1 saturated heterocycles. The van der Waals surface area contributed by atoms with Crippen LogP contribution >= 0.6 is 0 Å². The van der Waals surface area contributed by atoms with Crippen LogP contribution in [0.15, 0.2) is 22.6 Å². The predicted octanol–water partition coefficient (Wildman–Crippen LogP) is 2.16. The number of fused-ring (bicyclic) bond motifs is 1. The molecule has 0 bridgehead atoms. The zero-order valence-corrected chi connectivity index (χ0v) is 11.9. The third-order valence-corrected chi connectivity index (χ3v) is 3.63. The second-order valence-corrected chi connectivity index (χ2v) is 5.19. The summed E-state index contributed by atoms with van der Waals surface area (Å²) in [6, 6.07) is 4.64. The van der Waals surface area contributed by atoms with E-state index in [1.807, 2.05) is 4.90 Å². The number of nitrogens with one attached hydrogen (secondary N) is 1. The highest BCUT2D eigenvalue weighted by atomic mass is 16.6. The number of nitro groups is 1. The van der Waals surface area contributed by atoms with Gasteiger partial charge in [0.15, 0.2) is 5.58 Å². The fourth-order valence-corrected chi connectivity index (χ4v) is 2.51. The molecule has 8 nitrogen and oxygen atoms in total. The van der Waals surface area contributed by atoms with Crippen molar-refractivity contribution in [2.75, 3.05) is 25.0 Å². The number of non-ortho nitro benzene ring substituents is 1. The molecule has 1 aliphatic rings. The first-order chi connectivity index (χ1) is 10.6. The van der Waals surface area contributed by atoms with Crippen molar-refractivity contribution in [3.8, 4) is 0 Å². The van der Waals surface area contributed by atoms with E-state index in [-0.39, 0.29) is 11.6 Å². The zero-order chi connectivity index (χ0) is 15.5. The second-order valence-electron chi connectivity index (χ2n) is 5.19. The molecule has 1 aromatic heterocycles. The number of nitrogens with zero attached hydrogens (tertiary/aromatic N) is 3. The first kappa shape index (κ1) is 14.3. The van der Waals surface area contributed by atoms with E-state index in [2.05, 4.69) is 10.3 Å². The van der Waals surface area contributed by atoms with Crippen LogP contribution < -0.4 is 5.32 Å². The number of benzene rings is 1. The molecule has 116 valence electrons. The third kappa shape index (κ3) is 3.00. The van der Waals surface area contributed by atoms with Crippen molar-refractivity contribution in [1.82, 2.24) is 9.88 Å². The van der Waals surface area contributed by atoms with Gasteiger partial charge in [-0.3, -0.25) is 14.9 Å². The fourth-order valence-electron chi connectivity index (χ4n) is 2.51. The molecule has 0 unspecified atom stereocenters. The summed E-state index contributed by atoms with van der Waals surface area (Å²) in [6.45, 7) is 2.18. The molecule has 0 aliphatic carbocycles. The van der Waals surface area contributed by atoms with Gasteiger partial charge in [0.1, 0.15) is 5.52 Å². The molecule has 2 heterocycles. The fraction of sp³-hybridized carbons (Fsp3) is 0.429. The molecule has 3 rings (SSSR count). The van der Waals surface area contributed by atoms with E-state index in [9.17, 15) is 14.9 Å². The molecule has 0 spiro atoms. The molecule has 1 fully saturated rings. The standard InChI is InChI=1S/C14H16N4O4/c19-13-3-1-7-17(13)8-2-6-15-14-16-11-9-10(18(20)21)4-5-12(11)22-14/h4-5,9H,1-3,6-8H2,(H,15,16). The van der Waals surface area contributed by atoms with Crippen molar-refractivity contribution in [3.63, 3.8) is 0 Å². The Hall–Kier alpha value is -2.64. The topological polar surface area (TPSA) is 102 Å². The minimum atomic E-state index is -0.464. The monoisotopic (exact) mass is 304 g/mol. The number of hydrogen-bond acceptors (Lipinski definition) is 6. The summed E-state index contributed by atoms with van der Waals surface area (Å²) in [4.78, 5) is 27.7. The molecule has 0 radical (unpaired) electrons. The van der Waals surface area contributed by atoms with Crippen LogP contribution in [0, 0.1) is 10.1 Å². The van der Waals surface area contributed by atoms with Gasteiger partial charge in [0.25, 0.3) is 11.7 Å². The maximum atomic E-state index is 11.5. The van der Waals surface area contributed by atoms with Crippen LogP contribution in [-0.2, 0) is 4.79 Å². The van der Waals surface area contributed by atoms with Gasteiger partial charge in [-0.15, -0.1) is 0 Å². The lowest BCUT2D eigenvalue weighted by atomic mass is 10.3. The summed E-state index contributed by atoms with van der Waals surface area (Å²) in [6.07, 6.45) is 2.39. The summed E-state index contributed by atoms with van der Waals surface area (Å²) in [5.41, 5.74) is 0.939. The van der Waals surface area contributed by atoms with E-state index in [0.29, 0.717) is 30.1 Å². The van der Waals surface area contributed by atoms with E-state index < -0.39 is 4.92 Å².